The van der Waals surface area contributed by atoms with Crippen LogP contribution in [0.3, 0.4) is 0 Å². The summed E-state index contributed by atoms with van der Waals surface area (Å²) in [7, 11) is 2.12. The molecule has 2 aliphatic rings. The van der Waals surface area contributed by atoms with E-state index in [-0.39, 0.29) is 11.9 Å². The van der Waals surface area contributed by atoms with Crippen LogP contribution in [0.5, 0.6) is 0 Å². The van der Waals surface area contributed by atoms with Gasteiger partial charge in [0.1, 0.15) is 0 Å². The molecule has 3 rings (SSSR count). The van der Waals surface area contributed by atoms with Crippen molar-refractivity contribution in [3.63, 3.8) is 0 Å². The first-order valence-corrected chi connectivity index (χ1v) is 6.94. The SMILES string of the molecule is CN1CCN(C(=O)C2(N)CC2)C[C@H]1c1ccccc1. The Morgan fingerprint density at radius 3 is 2.58 bits per heavy atom. The van der Waals surface area contributed by atoms with E-state index < -0.39 is 5.54 Å². The van der Waals surface area contributed by atoms with Crippen LogP contribution in [0, 0.1) is 0 Å². The lowest BCUT2D eigenvalue weighted by Gasteiger charge is -2.40. The smallest absolute Gasteiger partial charge is 0.242 e. The molecule has 2 fully saturated rings. The third-order valence-electron chi connectivity index (χ3n) is 4.33. The van der Waals surface area contributed by atoms with Crippen LogP contribution in [0.4, 0.5) is 0 Å². The van der Waals surface area contributed by atoms with E-state index in [1.807, 2.05) is 11.0 Å². The second-order valence-electron chi connectivity index (χ2n) is 5.81. The minimum atomic E-state index is -0.544. The Balaban J connectivity index is 1.76. The van der Waals surface area contributed by atoms with Gasteiger partial charge in [0.15, 0.2) is 0 Å². The molecule has 19 heavy (non-hydrogen) atoms. The highest BCUT2D eigenvalue weighted by atomic mass is 16.2. The lowest BCUT2D eigenvalue weighted by molar-refractivity contribution is -0.136. The number of hydrogen-bond donors (Lipinski definition) is 1. The van der Waals surface area contributed by atoms with Gasteiger partial charge >= 0.3 is 0 Å². The van der Waals surface area contributed by atoms with Crippen LogP contribution in [0.25, 0.3) is 0 Å². The normalized spacial score (nSPS) is 26.2. The molecule has 1 atom stereocenters. The van der Waals surface area contributed by atoms with Gasteiger partial charge in [0.2, 0.25) is 5.91 Å². The van der Waals surface area contributed by atoms with Crippen molar-refractivity contribution in [3.8, 4) is 0 Å². The van der Waals surface area contributed by atoms with Crippen LogP contribution in [0.15, 0.2) is 30.3 Å². The van der Waals surface area contributed by atoms with E-state index in [1.54, 1.807) is 0 Å². The monoisotopic (exact) mass is 259 g/mol. The van der Waals surface area contributed by atoms with E-state index in [0.717, 1.165) is 32.5 Å². The van der Waals surface area contributed by atoms with E-state index >= 15 is 0 Å². The maximum atomic E-state index is 12.3. The predicted molar refractivity (Wildman–Crippen MR) is 74.5 cm³/mol. The van der Waals surface area contributed by atoms with Gasteiger partial charge in [-0.2, -0.15) is 0 Å². The van der Waals surface area contributed by atoms with Crippen LogP contribution < -0.4 is 5.73 Å². The van der Waals surface area contributed by atoms with Crippen LogP contribution >= 0.6 is 0 Å². The molecule has 0 radical (unpaired) electrons. The third-order valence-corrected chi connectivity index (χ3v) is 4.33. The highest BCUT2D eigenvalue weighted by molar-refractivity contribution is 5.89. The summed E-state index contributed by atoms with van der Waals surface area (Å²) in [5, 5.41) is 0. The van der Waals surface area contributed by atoms with E-state index in [1.165, 1.54) is 5.56 Å². The van der Waals surface area contributed by atoms with Crippen molar-refractivity contribution >= 4 is 5.91 Å². The van der Waals surface area contributed by atoms with Gasteiger partial charge in [-0.1, -0.05) is 30.3 Å². The van der Waals surface area contributed by atoms with Crippen molar-refractivity contribution in [2.24, 2.45) is 5.73 Å². The molecule has 1 aromatic carbocycles. The molecule has 1 aliphatic carbocycles. The van der Waals surface area contributed by atoms with E-state index in [2.05, 4.69) is 36.2 Å². The van der Waals surface area contributed by atoms with E-state index in [4.69, 9.17) is 5.73 Å². The molecule has 1 heterocycles. The number of nitrogens with zero attached hydrogens (tertiary/aromatic N) is 2. The molecule has 1 aliphatic heterocycles. The number of benzene rings is 1. The molecule has 4 heteroatoms. The van der Waals surface area contributed by atoms with Gasteiger partial charge in [0, 0.05) is 19.6 Å². The van der Waals surface area contributed by atoms with Gasteiger partial charge < -0.3 is 10.6 Å². The molecule has 2 N–H and O–H groups in total. The molecule has 4 nitrogen and oxygen atoms in total. The number of carbonyl (C=O) groups is 1. The van der Waals surface area contributed by atoms with Gasteiger partial charge in [0.25, 0.3) is 0 Å². The van der Waals surface area contributed by atoms with Gasteiger partial charge in [-0.25, -0.2) is 0 Å². The molecule has 1 aromatic rings. The molecule has 1 amide bonds. The van der Waals surface area contributed by atoms with Crippen LogP contribution in [0.1, 0.15) is 24.4 Å². The average Bonchev–Trinajstić information content (AvgIpc) is 3.19. The summed E-state index contributed by atoms with van der Waals surface area (Å²) in [6.07, 6.45) is 1.68. The topological polar surface area (TPSA) is 49.6 Å². The molecule has 0 spiro atoms. The summed E-state index contributed by atoms with van der Waals surface area (Å²) in [5.74, 6) is 0.140. The second kappa shape index (κ2) is 4.62. The highest BCUT2D eigenvalue weighted by Gasteiger charge is 2.49. The summed E-state index contributed by atoms with van der Waals surface area (Å²) in [5.41, 5.74) is 6.76. The largest absolute Gasteiger partial charge is 0.338 e. The Hall–Kier alpha value is -1.39. The lowest BCUT2D eigenvalue weighted by Crippen LogP contribution is -2.54. The van der Waals surface area contributed by atoms with Gasteiger partial charge in [-0.05, 0) is 25.5 Å². The van der Waals surface area contributed by atoms with Gasteiger partial charge in [-0.3, -0.25) is 9.69 Å². The number of rotatable bonds is 2. The highest BCUT2D eigenvalue weighted by Crippen LogP contribution is 2.35. The Labute approximate surface area is 114 Å². The Kier molecular flexibility index (Phi) is 3.07. The van der Waals surface area contributed by atoms with Crippen molar-refractivity contribution in [2.75, 3.05) is 26.7 Å². The quantitative estimate of drug-likeness (QED) is 0.862. The zero-order valence-corrected chi connectivity index (χ0v) is 11.4. The molecule has 0 unspecified atom stereocenters. The Morgan fingerprint density at radius 2 is 1.95 bits per heavy atom. The third kappa shape index (κ3) is 2.38. The van der Waals surface area contributed by atoms with Crippen molar-refractivity contribution < 1.29 is 4.79 Å². The summed E-state index contributed by atoms with van der Waals surface area (Å²) in [6, 6.07) is 10.7. The molecule has 0 bridgehead atoms. The Morgan fingerprint density at radius 1 is 1.26 bits per heavy atom. The summed E-state index contributed by atoms with van der Waals surface area (Å²) >= 11 is 0. The fourth-order valence-corrected chi connectivity index (χ4v) is 2.76. The van der Waals surface area contributed by atoms with Crippen LogP contribution in [-0.4, -0.2) is 47.9 Å². The lowest BCUT2D eigenvalue weighted by atomic mass is 10.0. The standard InChI is InChI=1S/C15H21N3O/c1-17-9-10-18(14(19)15(16)7-8-15)11-13(17)12-5-3-2-4-6-12/h2-6,13H,7-11,16H2,1H3/t13-/m0/s1. The summed E-state index contributed by atoms with van der Waals surface area (Å²) in [6.45, 7) is 2.44. The first-order chi connectivity index (χ1) is 9.10. The van der Waals surface area contributed by atoms with Crippen molar-refractivity contribution in [1.29, 1.82) is 0 Å². The molecule has 102 valence electrons. The van der Waals surface area contributed by atoms with Crippen molar-refractivity contribution in [2.45, 2.75) is 24.4 Å². The number of carbonyl (C=O) groups excluding carboxylic acids is 1. The number of piperazine rings is 1. The predicted octanol–water partition coefficient (Wildman–Crippen LogP) is 0.993. The number of likely N-dealkylation sites (N-methyl/N-ethyl adjacent to an activating group) is 1. The minimum absolute atomic E-state index is 0.140. The van der Waals surface area contributed by atoms with Crippen molar-refractivity contribution in [1.82, 2.24) is 9.80 Å². The zero-order valence-electron chi connectivity index (χ0n) is 11.4. The first kappa shape index (κ1) is 12.6. The average molecular weight is 259 g/mol. The fraction of sp³-hybridized carbons (Fsp3) is 0.533. The molecular formula is C15H21N3O. The van der Waals surface area contributed by atoms with Crippen LogP contribution in [0.2, 0.25) is 0 Å². The molecule has 0 aromatic heterocycles. The zero-order chi connectivity index (χ0) is 13.5. The van der Waals surface area contributed by atoms with Gasteiger partial charge in [0.05, 0.1) is 11.6 Å². The molecule has 1 saturated heterocycles. The number of hydrogen-bond acceptors (Lipinski definition) is 3. The minimum Gasteiger partial charge on any atom is -0.338 e. The van der Waals surface area contributed by atoms with Gasteiger partial charge in [-0.15, -0.1) is 0 Å². The fourth-order valence-electron chi connectivity index (χ4n) is 2.76. The van der Waals surface area contributed by atoms with Crippen molar-refractivity contribution in [3.05, 3.63) is 35.9 Å². The number of nitrogens with two attached hydrogens (primary N) is 1. The Bertz CT molecular complexity index is 470. The second-order valence-corrected chi connectivity index (χ2v) is 5.81. The molecule has 1 saturated carbocycles. The van der Waals surface area contributed by atoms with E-state index in [0.29, 0.717) is 0 Å². The van der Waals surface area contributed by atoms with E-state index in [9.17, 15) is 4.79 Å². The maximum absolute atomic E-state index is 12.3. The summed E-state index contributed by atoms with van der Waals surface area (Å²) < 4.78 is 0. The van der Waals surface area contributed by atoms with Crippen LogP contribution in [-0.2, 0) is 4.79 Å². The summed E-state index contributed by atoms with van der Waals surface area (Å²) in [4.78, 5) is 16.6. The maximum Gasteiger partial charge on any atom is 0.242 e. The number of amides is 1. The first-order valence-electron chi connectivity index (χ1n) is 6.94. The molecular weight excluding hydrogens is 238 g/mol.